The first kappa shape index (κ1) is 18.9. The minimum Gasteiger partial charge on any atom is -0.391 e. The van der Waals surface area contributed by atoms with Crippen molar-refractivity contribution in [3.63, 3.8) is 0 Å². The summed E-state index contributed by atoms with van der Waals surface area (Å²) in [5, 5.41) is 12.2. The quantitative estimate of drug-likeness (QED) is 0.655. The minimum atomic E-state index is -0.0417. The van der Waals surface area contributed by atoms with Gasteiger partial charge >= 0.3 is 0 Å². The van der Waals surface area contributed by atoms with E-state index in [0.29, 0.717) is 10.0 Å². The number of aliphatic imine (C=N–C) groups is 1. The van der Waals surface area contributed by atoms with Crippen LogP contribution in [0.3, 0.4) is 0 Å². The predicted octanol–water partition coefficient (Wildman–Crippen LogP) is 6.05. The first-order valence-corrected chi connectivity index (χ1v) is 10.5. The first-order chi connectivity index (χ1) is 13.0. The highest BCUT2D eigenvalue weighted by Gasteiger charge is 2.45. The number of rotatable bonds is 4. The zero-order valence-electron chi connectivity index (χ0n) is 15.1. The molecule has 0 saturated carbocycles. The number of hydrogen-bond donors (Lipinski definition) is 1. The van der Waals surface area contributed by atoms with Gasteiger partial charge in [0.05, 0.1) is 12.6 Å². The molecular weight excluding hydrogens is 399 g/mol. The lowest BCUT2D eigenvalue weighted by molar-refractivity contribution is 0.317. The van der Waals surface area contributed by atoms with E-state index in [2.05, 4.69) is 30.9 Å². The number of allylic oxidation sites excluding steroid dienone is 1. The number of nitrogens with zero attached hydrogens (tertiary/aromatic N) is 2. The van der Waals surface area contributed by atoms with Gasteiger partial charge in [0.1, 0.15) is 6.04 Å². The Hall–Kier alpha value is -1.46. The van der Waals surface area contributed by atoms with Crippen molar-refractivity contribution in [1.29, 1.82) is 0 Å². The molecule has 2 unspecified atom stereocenters. The van der Waals surface area contributed by atoms with Crippen LogP contribution in [0, 0.1) is 5.92 Å². The maximum absolute atomic E-state index is 9.85. The average Bonchev–Trinajstić information content (AvgIpc) is 3.18. The lowest BCUT2D eigenvalue weighted by atomic mass is 9.92. The standard InChI is InChI=1S/C21H20Cl2N2OS/c1-12(2)19-17(11-26)27-21-24-18(13-3-7-15(22)8-4-13)20(25(19)21)14-5-9-16(23)10-6-14/h3-10,12,18,20,26H,11H2,1-2H3. The molecule has 0 saturated heterocycles. The Bertz CT molecular complexity index is 907. The van der Waals surface area contributed by atoms with E-state index in [1.807, 2.05) is 36.4 Å². The van der Waals surface area contributed by atoms with Crippen molar-refractivity contribution < 1.29 is 5.11 Å². The lowest BCUT2D eigenvalue weighted by Crippen LogP contribution is -2.29. The lowest BCUT2D eigenvalue weighted by Gasteiger charge is -2.31. The van der Waals surface area contributed by atoms with Crippen LogP contribution in [0.25, 0.3) is 0 Å². The molecule has 0 aromatic heterocycles. The van der Waals surface area contributed by atoms with E-state index in [9.17, 15) is 5.11 Å². The van der Waals surface area contributed by atoms with Gasteiger partial charge in [0.15, 0.2) is 5.17 Å². The van der Waals surface area contributed by atoms with Gasteiger partial charge in [0.2, 0.25) is 0 Å². The second-order valence-electron chi connectivity index (χ2n) is 7.00. The van der Waals surface area contributed by atoms with E-state index in [1.54, 1.807) is 11.8 Å². The van der Waals surface area contributed by atoms with Crippen LogP contribution in [-0.4, -0.2) is 21.8 Å². The summed E-state index contributed by atoms with van der Waals surface area (Å²) in [5.41, 5.74) is 3.42. The van der Waals surface area contributed by atoms with Gasteiger partial charge in [-0.05, 0) is 41.3 Å². The van der Waals surface area contributed by atoms with E-state index in [4.69, 9.17) is 28.2 Å². The molecule has 0 fully saturated rings. The third-order valence-electron chi connectivity index (χ3n) is 4.91. The highest BCUT2D eigenvalue weighted by atomic mass is 35.5. The number of halogens is 2. The molecule has 0 bridgehead atoms. The fourth-order valence-electron chi connectivity index (χ4n) is 3.76. The normalized spacial score (nSPS) is 21.9. The van der Waals surface area contributed by atoms with Crippen molar-refractivity contribution in [2.75, 3.05) is 6.61 Å². The van der Waals surface area contributed by atoms with Gasteiger partial charge in [0, 0.05) is 20.6 Å². The van der Waals surface area contributed by atoms with Crippen LogP contribution < -0.4 is 0 Å². The van der Waals surface area contributed by atoms with Crippen LogP contribution in [0.15, 0.2) is 64.1 Å². The Labute approximate surface area is 173 Å². The third-order valence-corrected chi connectivity index (χ3v) is 6.48. The predicted molar refractivity (Wildman–Crippen MR) is 114 cm³/mol. The molecule has 2 aromatic rings. The van der Waals surface area contributed by atoms with Crippen LogP contribution in [0.5, 0.6) is 0 Å². The molecular formula is C21H20Cl2N2OS. The largest absolute Gasteiger partial charge is 0.391 e. The van der Waals surface area contributed by atoms with Crippen molar-refractivity contribution in [2.24, 2.45) is 10.9 Å². The molecule has 0 spiro atoms. The number of aliphatic hydroxyl groups is 1. The second-order valence-corrected chi connectivity index (χ2v) is 8.93. The molecule has 0 aliphatic carbocycles. The number of amidine groups is 1. The van der Waals surface area contributed by atoms with Gasteiger partial charge in [0.25, 0.3) is 0 Å². The minimum absolute atomic E-state index is 0.0207. The molecule has 2 heterocycles. The topological polar surface area (TPSA) is 35.8 Å². The number of benzene rings is 2. The summed E-state index contributed by atoms with van der Waals surface area (Å²) in [6.07, 6.45) is 0. The molecule has 1 N–H and O–H groups in total. The number of fused-ring (bicyclic) bond motifs is 1. The Morgan fingerprint density at radius 3 is 2.07 bits per heavy atom. The van der Waals surface area contributed by atoms with Crippen molar-refractivity contribution >= 4 is 40.1 Å². The van der Waals surface area contributed by atoms with Crippen LogP contribution in [0.4, 0.5) is 0 Å². The summed E-state index contributed by atoms with van der Waals surface area (Å²) in [4.78, 5) is 8.32. The van der Waals surface area contributed by atoms with Crippen molar-refractivity contribution in [3.05, 3.63) is 80.3 Å². The highest BCUT2D eigenvalue weighted by molar-refractivity contribution is 8.17. The van der Waals surface area contributed by atoms with E-state index in [-0.39, 0.29) is 24.6 Å². The Balaban J connectivity index is 1.83. The Morgan fingerprint density at radius 1 is 1.00 bits per heavy atom. The second kappa shape index (κ2) is 7.51. The van der Waals surface area contributed by atoms with Crippen molar-refractivity contribution in [1.82, 2.24) is 4.90 Å². The van der Waals surface area contributed by atoms with Gasteiger partial charge < -0.3 is 10.0 Å². The van der Waals surface area contributed by atoms with Crippen molar-refractivity contribution in [2.45, 2.75) is 25.9 Å². The number of hydrogen-bond acceptors (Lipinski definition) is 4. The molecule has 0 amide bonds. The zero-order chi connectivity index (χ0) is 19.1. The van der Waals surface area contributed by atoms with Gasteiger partial charge in [-0.15, -0.1) is 0 Å². The van der Waals surface area contributed by atoms with Crippen LogP contribution >= 0.6 is 35.0 Å². The monoisotopic (exact) mass is 418 g/mol. The number of thioether (sulfide) groups is 1. The molecule has 0 radical (unpaired) electrons. The average molecular weight is 419 g/mol. The first-order valence-electron chi connectivity index (χ1n) is 8.89. The molecule has 2 aliphatic rings. The smallest absolute Gasteiger partial charge is 0.169 e. The van der Waals surface area contributed by atoms with E-state index < -0.39 is 0 Å². The summed E-state index contributed by atoms with van der Waals surface area (Å²) in [7, 11) is 0. The van der Waals surface area contributed by atoms with E-state index in [1.165, 1.54) is 0 Å². The Kier molecular flexibility index (Phi) is 5.26. The molecule has 2 aromatic carbocycles. The van der Waals surface area contributed by atoms with Gasteiger partial charge in [-0.3, -0.25) is 4.99 Å². The summed E-state index contributed by atoms with van der Waals surface area (Å²) < 4.78 is 0. The summed E-state index contributed by atoms with van der Waals surface area (Å²) in [5.74, 6) is 0.283. The maximum atomic E-state index is 9.85. The number of aliphatic hydroxyl groups excluding tert-OH is 1. The summed E-state index contributed by atoms with van der Waals surface area (Å²) >= 11 is 13.8. The zero-order valence-corrected chi connectivity index (χ0v) is 17.4. The molecule has 3 nitrogen and oxygen atoms in total. The van der Waals surface area contributed by atoms with E-state index in [0.717, 1.165) is 26.9 Å². The van der Waals surface area contributed by atoms with Gasteiger partial charge in [-0.1, -0.05) is 73.1 Å². The summed E-state index contributed by atoms with van der Waals surface area (Å²) in [6.45, 7) is 4.35. The van der Waals surface area contributed by atoms with Crippen LogP contribution in [-0.2, 0) is 0 Å². The molecule has 6 heteroatoms. The summed E-state index contributed by atoms with van der Waals surface area (Å²) in [6, 6.07) is 15.8. The Morgan fingerprint density at radius 2 is 1.56 bits per heavy atom. The molecule has 4 rings (SSSR count). The SMILES string of the molecule is CC(C)C1=C(CO)SC2=NC(c3ccc(Cl)cc3)C(c3ccc(Cl)cc3)N21. The fraction of sp³-hybridized carbons (Fsp3) is 0.286. The van der Waals surface area contributed by atoms with E-state index >= 15 is 0 Å². The molecule has 2 atom stereocenters. The van der Waals surface area contributed by atoms with Gasteiger partial charge in [-0.25, -0.2) is 0 Å². The molecule has 140 valence electrons. The third kappa shape index (κ3) is 3.40. The maximum Gasteiger partial charge on any atom is 0.169 e. The van der Waals surface area contributed by atoms with Crippen LogP contribution in [0.1, 0.15) is 37.1 Å². The van der Waals surface area contributed by atoms with Crippen LogP contribution in [0.2, 0.25) is 10.0 Å². The molecule has 27 heavy (non-hydrogen) atoms. The van der Waals surface area contributed by atoms with Crippen molar-refractivity contribution in [3.8, 4) is 0 Å². The highest BCUT2D eigenvalue weighted by Crippen LogP contribution is 2.53. The molecule has 2 aliphatic heterocycles. The van der Waals surface area contributed by atoms with Gasteiger partial charge in [-0.2, -0.15) is 0 Å². The fourth-order valence-corrected chi connectivity index (χ4v) is 5.21.